The average Bonchev–Trinajstić information content (AvgIpc) is 3.62. The molecule has 3 aromatic rings. The number of aromatic nitrogens is 1. The molecular weight excluding hydrogens is 486 g/mol. The van der Waals surface area contributed by atoms with Gasteiger partial charge in [0.05, 0.1) is 29.3 Å². The Labute approximate surface area is 210 Å². The number of hydrogen-bond acceptors (Lipinski definition) is 7. The number of amides is 1. The van der Waals surface area contributed by atoms with E-state index in [1.165, 1.54) is 0 Å². The molecule has 2 unspecified atom stereocenters. The molecule has 1 saturated carbocycles. The summed E-state index contributed by atoms with van der Waals surface area (Å²) < 4.78 is 31.0. The fourth-order valence-corrected chi connectivity index (χ4v) is 4.69. The van der Waals surface area contributed by atoms with Crippen LogP contribution in [0.25, 0.3) is 22.4 Å². The van der Waals surface area contributed by atoms with E-state index in [0.717, 1.165) is 33.8 Å². The van der Waals surface area contributed by atoms with E-state index in [2.05, 4.69) is 10.3 Å². The number of benzene rings is 1. The van der Waals surface area contributed by atoms with Gasteiger partial charge in [-0.15, -0.1) is 0 Å². The molecular formula is C25H28N3O7S-. The number of carbonyl (C=O) groups excluding carboxylic acids is 1. The van der Waals surface area contributed by atoms with Crippen molar-refractivity contribution in [1.29, 1.82) is 0 Å². The van der Waals surface area contributed by atoms with Crippen LogP contribution in [0.4, 0.5) is 0 Å². The predicted octanol–water partition coefficient (Wildman–Crippen LogP) is 2.86. The molecule has 3 N–H and O–H groups in total. The number of nitrogens with one attached hydrogen (secondary N) is 1. The number of aryl methyl sites for hydroxylation is 1. The minimum atomic E-state index is -2.67. The topological polar surface area (TPSA) is 156 Å². The molecule has 0 radical (unpaired) electrons. The van der Waals surface area contributed by atoms with Gasteiger partial charge in [0.1, 0.15) is 5.76 Å². The molecule has 1 fully saturated rings. The van der Waals surface area contributed by atoms with Crippen LogP contribution in [0.3, 0.4) is 0 Å². The van der Waals surface area contributed by atoms with Gasteiger partial charge in [0.15, 0.2) is 0 Å². The van der Waals surface area contributed by atoms with Gasteiger partial charge in [0.25, 0.3) is 5.91 Å². The number of carboxylic acid groups (broad SMARTS) is 1. The van der Waals surface area contributed by atoms with Gasteiger partial charge in [-0.25, -0.2) is 9.29 Å². The van der Waals surface area contributed by atoms with Gasteiger partial charge in [0, 0.05) is 36.8 Å². The van der Waals surface area contributed by atoms with Crippen LogP contribution in [0.1, 0.15) is 58.8 Å². The standard InChI is InChI=1S/C25H29N3O7S/c1-14-3-5-16(6-4-14)23-22(24(32)26-2)19-11-18(15-7-8-15)20(27-25(19)35-23)13-28(36(33)34)12-17(29)9-10-21(30)31/h3-6,11,15,17,29H,7-10,12-13H2,1-2H3,(H,26,32)(H,30,31)(H,33,34)/p-1. The first kappa shape index (κ1) is 26.0. The van der Waals surface area contributed by atoms with Gasteiger partial charge in [-0.2, -0.15) is 0 Å². The maximum atomic E-state index is 12.9. The Bertz CT molecular complexity index is 1300. The Hall–Kier alpha value is -3.12. The lowest BCUT2D eigenvalue weighted by molar-refractivity contribution is -0.137. The lowest BCUT2D eigenvalue weighted by atomic mass is 10.0. The van der Waals surface area contributed by atoms with Crippen molar-refractivity contribution in [3.05, 3.63) is 52.7 Å². The normalized spacial score (nSPS) is 15.2. The molecule has 1 aliphatic carbocycles. The molecule has 36 heavy (non-hydrogen) atoms. The molecule has 2 aromatic heterocycles. The number of hydrogen-bond donors (Lipinski definition) is 3. The molecule has 4 rings (SSSR count). The maximum Gasteiger partial charge on any atom is 0.303 e. The van der Waals surface area contributed by atoms with E-state index in [9.17, 15) is 23.5 Å². The first-order valence-corrected chi connectivity index (χ1v) is 12.7. The summed E-state index contributed by atoms with van der Waals surface area (Å²) in [5, 5.41) is 22.2. The minimum Gasteiger partial charge on any atom is -0.760 e. The number of carboxylic acids is 1. The number of pyridine rings is 1. The van der Waals surface area contributed by atoms with Gasteiger partial charge in [-0.1, -0.05) is 29.8 Å². The summed E-state index contributed by atoms with van der Waals surface area (Å²) >= 11 is -2.67. The van der Waals surface area contributed by atoms with Crippen LogP contribution in [0.15, 0.2) is 34.7 Å². The summed E-state index contributed by atoms with van der Waals surface area (Å²) in [6.45, 7) is 1.59. The van der Waals surface area contributed by atoms with E-state index in [1.54, 1.807) is 7.05 Å². The van der Waals surface area contributed by atoms with E-state index in [1.807, 2.05) is 37.3 Å². The van der Waals surface area contributed by atoms with E-state index >= 15 is 0 Å². The Kier molecular flexibility index (Phi) is 7.84. The highest BCUT2D eigenvalue weighted by Gasteiger charge is 2.31. The van der Waals surface area contributed by atoms with Crippen molar-refractivity contribution in [3.63, 3.8) is 0 Å². The van der Waals surface area contributed by atoms with Gasteiger partial charge in [0.2, 0.25) is 5.71 Å². The molecule has 2 heterocycles. The van der Waals surface area contributed by atoms with Gasteiger partial charge in [-0.05, 0) is 43.7 Å². The summed E-state index contributed by atoms with van der Waals surface area (Å²) in [5.41, 5.74) is 3.67. The van der Waals surface area contributed by atoms with Crippen LogP contribution in [0.2, 0.25) is 0 Å². The van der Waals surface area contributed by atoms with Gasteiger partial charge < -0.3 is 24.5 Å². The number of aliphatic hydroxyl groups is 1. The number of nitrogens with zero attached hydrogens (tertiary/aromatic N) is 2. The molecule has 1 amide bonds. The second-order valence-corrected chi connectivity index (χ2v) is 9.98. The molecule has 0 bridgehead atoms. The quantitative estimate of drug-likeness (QED) is 0.330. The zero-order valence-electron chi connectivity index (χ0n) is 20.0. The monoisotopic (exact) mass is 514 g/mol. The van der Waals surface area contributed by atoms with Crippen LogP contribution in [-0.2, 0) is 22.6 Å². The van der Waals surface area contributed by atoms with Crippen molar-refractivity contribution < 1.29 is 33.0 Å². The molecule has 0 spiro atoms. The fourth-order valence-electron chi connectivity index (χ4n) is 4.17. The number of furan rings is 1. The Balaban J connectivity index is 1.75. The fraction of sp³-hybridized carbons (Fsp3) is 0.400. The summed E-state index contributed by atoms with van der Waals surface area (Å²) in [6.07, 6.45) is 0.357. The van der Waals surface area contributed by atoms with Crippen molar-refractivity contribution >= 4 is 34.2 Å². The molecule has 1 aliphatic rings. The van der Waals surface area contributed by atoms with Crippen LogP contribution in [0, 0.1) is 6.92 Å². The minimum absolute atomic E-state index is 0.0709. The molecule has 2 atom stereocenters. The van der Waals surface area contributed by atoms with Crippen molar-refractivity contribution in [3.8, 4) is 11.3 Å². The highest BCUT2D eigenvalue weighted by atomic mass is 32.2. The molecule has 1 aromatic carbocycles. The third-order valence-electron chi connectivity index (χ3n) is 6.22. The predicted molar refractivity (Wildman–Crippen MR) is 132 cm³/mol. The molecule has 0 aliphatic heterocycles. The second kappa shape index (κ2) is 10.9. The van der Waals surface area contributed by atoms with Crippen LogP contribution in [-0.4, -0.2) is 59.8 Å². The van der Waals surface area contributed by atoms with Crippen LogP contribution in [0.5, 0.6) is 0 Å². The first-order chi connectivity index (χ1) is 17.2. The van der Waals surface area contributed by atoms with Gasteiger partial charge in [-0.3, -0.25) is 13.8 Å². The number of carbonyl (C=O) groups is 2. The first-order valence-electron chi connectivity index (χ1n) is 11.7. The Morgan fingerprint density at radius 1 is 1.31 bits per heavy atom. The lowest BCUT2D eigenvalue weighted by Gasteiger charge is -2.27. The molecule has 10 nitrogen and oxygen atoms in total. The third kappa shape index (κ3) is 5.81. The number of fused-ring (bicyclic) bond motifs is 1. The summed E-state index contributed by atoms with van der Waals surface area (Å²) in [5.74, 6) is -0.819. The van der Waals surface area contributed by atoms with E-state index in [0.29, 0.717) is 22.4 Å². The number of rotatable bonds is 11. The zero-order valence-corrected chi connectivity index (χ0v) is 20.8. The van der Waals surface area contributed by atoms with Crippen molar-refractivity contribution in [2.75, 3.05) is 13.6 Å². The highest BCUT2D eigenvalue weighted by Crippen LogP contribution is 2.44. The maximum absolute atomic E-state index is 12.9. The van der Waals surface area contributed by atoms with E-state index in [4.69, 9.17) is 9.52 Å². The largest absolute Gasteiger partial charge is 0.760 e. The summed E-state index contributed by atoms with van der Waals surface area (Å²) in [6, 6.07) is 9.42. The van der Waals surface area contributed by atoms with E-state index < -0.39 is 23.3 Å². The highest BCUT2D eigenvalue weighted by molar-refractivity contribution is 7.76. The van der Waals surface area contributed by atoms with Crippen molar-refractivity contribution in [2.45, 2.75) is 51.2 Å². The molecule has 11 heteroatoms. The second-order valence-electron chi connectivity index (χ2n) is 9.03. The smallest absolute Gasteiger partial charge is 0.303 e. The molecule has 0 saturated heterocycles. The Morgan fingerprint density at radius 3 is 2.58 bits per heavy atom. The third-order valence-corrected chi connectivity index (χ3v) is 6.92. The Morgan fingerprint density at radius 2 is 2.00 bits per heavy atom. The SMILES string of the molecule is CNC(=O)c1c(-c2ccc(C)cc2)oc2nc(CN(CC(O)CCC(=O)O)S(=O)[O-])c(C3CC3)cc12. The van der Waals surface area contributed by atoms with Crippen LogP contribution >= 0.6 is 0 Å². The van der Waals surface area contributed by atoms with E-state index in [-0.39, 0.29) is 43.5 Å². The van der Waals surface area contributed by atoms with Crippen molar-refractivity contribution in [2.24, 2.45) is 0 Å². The number of aliphatic carboxylic acids is 1. The van der Waals surface area contributed by atoms with Crippen LogP contribution < -0.4 is 5.32 Å². The number of aliphatic hydroxyl groups excluding tert-OH is 1. The van der Waals surface area contributed by atoms with Crippen molar-refractivity contribution in [1.82, 2.24) is 14.6 Å². The average molecular weight is 515 g/mol. The van der Waals surface area contributed by atoms with Gasteiger partial charge >= 0.3 is 5.97 Å². The summed E-state index contributed by atoms with van der Waals surface area (Å²) in [4.78, 5) is 28.3. The zero-order chi connectivity index (χ0) is 26.0. The summed E-state index contributed by atoms with van der Waals surface area (Å²) in [7, 11) is 1.54. The lowest BCUT2D eigenvalue weighted by Crippen LogP contribution is -2.34. The molecule has 192 valence electrons.